The Morgan fingerprint density at radius 2 is 0.594 bits per heavy atom. The van der Waals surface area contributed by atoms with E-state index < -0.39 is 26.5 Å². The lowest BCUT2D eigenvalue weighted by Crippen LogP contribution is -2.37. The fraction of sp³-hybridized carbons (Fsp3) is 0.721. The summed E-state index contributed by atoms with van der Waals surface area (Å²) >= 11 is 0. The van der Waals surface area contributed by atoms with Crippen molar-refractivity contribution in [2.24, 2.45) is 0 Å². The van der Waals surface area contributed by atoms with Crippen LogP contribution in [0.4, 0.5) is 0 Å². The number of rotatable bonds is 73. The smallest absolute Gasteiger partial charge is 0.306 e. The molecule has 0 aliphatic carbocycles. The van der Waals surface area contributed by atoms with Crippen molar-refractivity contribution in [2.45, 2.75) is 354 Å². The van der Waals surface area contributed by atoms with E-state index in [1.807, 2.05) is 21.1 Å². The SMILES string of the molecule is CC/C=C\C/C=C\C/C=C\C/C=C\C/C=C\C/C=C\C/C=C\C/C=C\CCCCCCCCC(=O)OC(COC(=O)CCCCCCCCCCCCCCCCCCCCCCCCCCCC/C=C\C/C=C\C/C=C\CCCCCCC)COP(=O)([O-])OCC[N+](C)(C)C. The summed E-state index contributed by atoms with van der Waals surface area (Å²) in [4.78, 5) is 38.2. The van der Waals surface area contributed by atoms with Gasteiger partial charge in [0.25, 0.3) is 7.82 Å². The standard InChI is InChI=1S/C86H150NO8P/c1-6-8-10-12-14-16-18-20-22-24-26-28-30-32-34-36-38-39-40-41-42-43-44-45-46-47-49-50-52-54-56-58-60-62-64-66-68-70-72-74-76-78-85(88)92-82-84(83-94-96(90,91)93-81-80-87(3,4)5)95-86(89)79-77-75-73-71-69-67-65-63-61-59-57-55-53-51-48-37-35-33-31-29-27-25-23-21-19-17-15-13-11-9-7-2/h9,11,15,17-18,20-21,23-24,26-27,29-30,32-33,35,48,51,55,57,61,63,84H,6-8,10,12-14,16,19,22,25,28,31,34,36-47,49-50,52-54,56,58-60,62,64-83H2,1-5H3/b11-9-,17-15-,20-18-,23-21-,26-24-,29-27-,32-30-,35-33-,51-48-,57-55-,63-61-. The Morgan fingerprint density at radius 3 is 0.885 bits per heavy atom. The van der Waals surface area contributed by atoms with E-state index in [4.69, 9.17) is 18.5 Å². The molecule has 0 N–H and O–H groups in total. The van der Waals surface area contributed by atoms with E-state index in [1.54, 1.807) is 0 Å². The molecule has 552 valence electrons. The van der Waals surface area contributed by atoms with Gasteiger partial charge in [-0.2, -0.15) is 0 Å². The number of phosphoric ester groups is 1. The van der Waals surface area contributed by atoms with Crippen LogP contribution in [0.2, 0.25) is 0 Å². The topological polar surface area (TPSA) is 111 Å². The van der Waals surface area contributed by atoms with Crippen LogP contribution in [-0.2, 0) is 32.7 Å². The molecule has 2 unspecified atom stereocenters. The van der Waals surface area contributed by atoms with Crippen LogP contribution in [0, 0.1) is 0 Å². The molecule has 0 radical (unpaired) electrons. The molecule has 0 bridgehead atoms. The number of unbranched alkanes of at least 4 members (excludes halogenated alkanes) is 37. The maximum atomic E-state index is 12.9. The molecule has 0 aliphatic heterocycles. The number of esters is 2. The van der Waals surface area contributed by atoms with Crippen molar-refractivity contribution in [2.75, 3.05) is 47.5 Å². The molecule has 2 atom stereocenters. The van der Waals surface area contributed by atoms with Crippen molar-refractivity contribution >= 4 is 19.8 Å². The van der Waals surface area contributed by atoms with Crippen LogP contribution in [-0.4, -0.2) is 70.0 Å². The third kappa shape index (κ3) is 79.1. The number of carbonyl (C=O) groups is 2. The number of hydrogen-bond donors (Lipinski definition) is 0. The van der Waals surface area contributed by atoms with Gasteiger partial charge in [0.2, 0.25) is 0 Å². The van der Waals surface area contributed by atoms with Gasteiger partial charge in [0, 0.05) is 12.8 Å². The molecule has 0 saturated heterocycles. The Bertz CT molecular complexity index is 2090. The van der Waals surface area contributed by atoms with Gasteiger partial charge in [0.15, 0.2) is 6.10 Å². The van der Waals surface area contributed by atoms with E-state index in [1.165, 1.54) is 193 Å². The van der Waals surface area contributed by atoms with Crippen molar-refractivity contribution in [1.82, 2.24) is 0 Å². The van der Waals surface area contributed by atoms with Crippen LogP contribution in [0.3, 0.4) is 0 Å². The van der Waals surface area contributed by atoms with Crippen LogP contribution >= 0.6 is 7.82 Å². The second kappa shape index (κ2) is 75.4. The number of ether oxygens (including phenoxy) is 2. The van der Waals surface area contributed by atoms with E-state index >= 15 is 0 Å². The maximum absolute atomic E-state index is 12.9. The zero-order valence-corrected chi connectivity index (χ0v) is 63.9. The molecule has 9 nitrogen and oxygen atoms in total. The summed E-state index contributed by atoms with van der Waals surface area (Å²) in [5.74, 6) is -0.845. The van der Waals surface area contributed by atoms with Crippen LogP contribution < -0.4 is 4.89 Å². The molecule has 0 aromatic rings. The zero-order valence-electron chi connectivity index (χ0n) is 63.0. The van der Waals surface area contributed by atoms with Gasteiger partial charge < -0.3 is 27.9 Å². The molecule has 0 fully saturated rings. The largest absolute Gasteiger partial charge is 0.756 e. The zero-order chi connectivity index (χ0) is 69.7. The molecule has 0 aliphatic rings. The molecule has 0 aromatic heterocycles. The van der Waals surface area contributed by atoms with E-state index in [0.29, 0.717) is 17.4 Å². The van der Waals surface area contributed by atoms with Gasteiger partial charge in [-0.15, -0.1) is 0 Å². The summed E-state index contributed by atoms with van der Waals surface area (Å²) in [5.41, 5.74) is 0. The predicted molar refractivity (Wildman–Crippen MR) is 415 cm³/mol. The Balaban J connectivity index is 3.98. The first-order valence-corrected chi connectivity index (χ1v) is 41.4. The van der Waals surface area contributed by atoms with Crippen LogP contribution in [0.15, 0.2) is 134 Å². The number of carbonyl (C=O) groups excluding carboxylic acids is 2. The van der Waals surface area contributed by atoms with Gasteiger partial charge >= 0.3 is 11.9 Å². The first kappa shape index (κ1) is 92.2. The number of likely N-dealkylation sites (N-methyl/N-ethyl adjacent to an activating group) is 1. The second-order valence-corrected chi connectivity index (χ2v) is 29.1. The summed E-state index contributed by atoms with van der Waals surface area (Å²) in [6.45, 7) is 4.12. The van der Waals surface area contributed by atoms with Crippen molar-refractivity contribution in [3.63, 3.8) is 0 Å². The highest BCUT2D eigenvalue weighted by atomic mass is 31.2. The molecule has 0 spiro atoms. The van der Waals surface area contributed by atoms with Crippen molar-refractivity contribution in [3.05, 3.63) is 134 Å². The lowest BCUT2D eigenvalue weighted by Gasteiger charge is -2.28. The molecule has 0 rings (SSSR count). The highest BCUT2D eigenvalue weighted by molar-refractivity contribution is 7.45. The highest BCUT2D eigenvalue weighted by Crippen LogP contribution is 2.38. The normalized spacial score (nSPS) is 13.8. The van der Waals surface area contributed by atoms with Gasteiger partial charge in [-0.25, -0.2) is 0 Å². The number of nitrogens with zero attached hydrogens (tertiary/aromatic N) is 1. The average molecular weight is 1360 g/mol. The molecular weight excluding hydrogens is 1210 g/mol. The van der Waals surface area contributed by atoms with Crippen LogP contribution in [0.1, 0.15) is 348 Å². The van der Waals surface area contributed by atoms with E-state index in [2.05, 4.69) is 148 Å². The number of phosphoric acid groups is 1. The first-order valence-electron chi connectivity index (χ1n) is 39.9. The molecular formula is C86H150NO8P. The number of hydrogen-bond acceptors (Lipinski definition) is 8. The van der Waals surface area contributed by atoms with Crippen molar-refractivity contribution < 1.29 is 42.1 Å². The lowest BCUT2D eigenvalue weighted by molar-refractivity contribution is -0.870. The summed E-state index contributed by atoms with van der Waals surface area (Å²) in [7, 11) is 1.15. The minimum absolute atomic E-state index is 0.0388. The molecule has 0 heterocycles. The molecule has 0 saturated carbocycles. The first-order chi connectivity index (χ1) is 47.0. The molecule has 10 heteroatoms. The fourth-order valence-corrected chi connectivity index (χ4v) is 11.8. The average Bonchev–Trinajstić information content (AvgIpc) is 1.97. The Hall–Kier alpha value is -3.85. The number of allylic oxidation sites excluding steroid dienone is 22. The van der Waals surface area contributed by atoms with E-state index in [0.717, 1.165) is 122 Å². The Morgan fingerprint density at radius 1 is 0.333 bits per heavy atom. The van der Waals surface area contributed by atoms with Crippen molar-refractivity contribution in [1.29, 1.82) is 0 Å². The van der Waals surface area contributed by atoms with Crippen LogP contribution in [0.5, 0.6) is 0 Å². The lowest BCUT2D eigenvalue weighted by atomic mass is 10.0. The second-order valence-electron chi connectivity index (χ2n) is 27.7. The summed E-state index contributed by atoms with van der Waals surface area (Å²) in [6, 6.07) is 0. The quantitative estimate of drug-likeness (QED) is 0.0195. The molecule has 96 heavy (non-hydrogen) atoms. The van der Waals surface area contributed by atoms with E-state index in [9.17, 15) is 19.0 Å². The Labute approximate surface area is 593 Å². The monoisotopic (exact) mass is 1360 g/mol. The third-order valence-electron chi connectivity index (χ3n) is 17.2. The summed E-state index contributed by atoms with van der Waals surface area (Å²) in [6.07, 6.45) is 110. The summed E-state index contributed by atoms with van der Waals surface area (Å²) < 4.78 is 34.4. The van der Waals surface area contributed by atoms with Gasteiger partial charge in [0.05, 0.1) is 27.7 Å². The third-order valence-corrected chi connectivity index (χ3v) is 18.1. The van der Waals surface area contributed by atoms with Gasteiger partial charge in [-0.1, -0.05) is 353 Å². The fourth-order valence-electron chi connectivity index (χ4n) is 11.1. The van der Waals surface area contributed by atoms with Gasteiger partial charge in [0.1, 0.15) is 19.8 Å². The van der Waals surface area contributed by atoms with Gasteiger partial charge in [-0.05, 0) is 116 Å². The molecule has 0 aromatic carbocycles. The van der Waals surface area contributed by atoms with Crippen LogP contribution in [0.25, 0.3) is 0 Å². The Kier molecular flexibility index (Phi) is 72.3. The summed E-state index contributed by atoms with van der Waals surface area (Å²) in [5, 5.41) is 0. The maximum Gasteiger partial charge on any atom is 0.306 e. The van der Waals surface area contributed by atoms with E-state index in [-0.39, 0.29) is 32.0 Å². The minimum atomic E-state index is -4.66. The molecule has 0 amide bonds. The predicted octanol–water partition coefficient (Wildman–Crippen LogP) is 26.1. The van der Waals surface area contributed by atoms with Crippen molar-refractivity contribution in [3.8, 4) is 0 Å². The number of quaternary nitrogens is 1. The minimum Gasteiger partial charge on any atom is -0.756 e. The highest BCUT2D eigenvalue weighted by Gasteiger charge is 2.22. The van der Waals surface area contributed by atoms with Gasteiger partial charge in [-0.3, -0.25) is 14.2 Å².